The van der Waals surface area contributed by atoms with Crippen molar-refractivity contribution in [3.8, 4) is 5.75 Å². The summed E-state index contributed by atoms with van der Waals surface area (Å²) in [7, 11) is 2.99. The fraction of sp³-hybridized carbons (Fsp3) is 0.438. The van der Waals surface area contributed by atoms with Crippen LogP contribution in [0.4, 0.5) is 10.5 Å². The Bertz CT molecular complexity index is 574. The van der Waals surface area contributed by atoms with Crippen molar-refractivity contribution in [3.05, 3.63) is 24.3 Å². The molecule has 3 N–H and O–H groups in total. The molecule has 0 aliphatic rings. The average molecular weight is 336 g/mol. The maximum absolute atomic E-state index is 12.1. The van der Waals surface area contributed by atoms with Crippen molar-refractivity contribution in [1.82, 2.24) is 15.5 Å². The first-order valence-corrected chi connectivity index (χ1v) is 7.61. The van der Waals surface area contributed by atoms with Crippen LogP contribution in [-0.4, -0.2) is 56.0 Å². The van der Waals surface area contributed by atoms with Gasteiger partial charge in [0.05, 0.1) is 19.7 Å². The van der Waals surface area contributed by atoms with E-state index in [4.69, 9.17) is 4.74 Å². The van der Waals surface area contributed by atoms with Gasteiger partial charge in [-0.25, -0.2) is 4.79 Å². The number of nitrogens with one attached hydrogen (secondary N) is 3. The van der Waals surface area contributed by atoms with Gasteiger partial charge < -0.3 is 15.4 Å². The van der Waals surface area contributed by atoms with Gasteiger partial charge in [0.1, 0.15) is 5.75 Å². The summed E-state index contributed by atoms with van der Waals surface area (Å²) in [6.07, 6.45) is 0. The van der Waals surface area contributed by atoms with E-state index in [1.807, 2.05) is 6.92 Å². The molecule has 0 saturated heterocycles. The molecule has 1 aromatic carbocycles. The van der Waals surface area contributed by atoms with Crippen LogP contribution in [0.2, 0.25) is 0 Å². The number of rotatable bonds is 7. The lowest BCUT2D eigenvalue weighted by molar-refractivity contribution is -0.126. The summed E-state index contributed by atoms with van der Waals surface area (Å²) in [6, 6.07) is 5.75. The zero-order chi connectivity index (χ0) is 18.1. The van der Waals surface area contributed by atoms with Crippen molar-refractivity contribution in [2.24, 2.45) is 0 Å². The highest BCUT2D eigenvalue weighted by molar-refractivity contribution is 5.97. The summed E-state index contributed by atoms with van der Waals surface area (Å²) in [5, 5.41) is 7.27. The molecule has 8 nitrogen and oxygen atoms in total. The third kappa shape index (κ3) is 5.88. The largest absolute Gasteiger partial charge is 0.497 e. The van der Waals surface area contributed by atoms with Gasteiger partial charge in [-0.1, -0.05) is 6.92 Å². The number of anilines is 1. The smallest absolute Gasteiger partial charge is 0.321 e. The van der Waals surface area contributed by atoms with Gasteiger partial charge in [0.2, 0.25) is 11.8 Å². The Morgan fingerprint density at radius 2 is 1.83 bits per heavy atom. The van der Waals surface area contributed by atoms with Crippen LogP contribution in [0.1, 0.15) is 13.8 Å². The van der Waals surface area contributed by atoms with E-state index in [9.17, 15) is 14.4 Å². The number of carbonyl (C=O) groups is 3. The Morgan fingerprint density at radius 1 is 1.21 bits per heavy atom. The first kappa shape index (κ1) is 19.4. The molecule has 0 unspecified atom stereocenters. The maximum Gasteiger partial charge on any atom is 0.321 e. The quantitative estimate of drug-likeness (QED) is 0.684. The number of urea groups is 1. The van der Waals surface area contributed by atoms with Crippen LogP contribution in [-0.2, 0) is 9.59 Å². The van der Waals surface area contributed by atoms with E-state index >= 15 is 0 Å². The second-order valence-electron chi connectivity index (χ2n) is 5.08. The van der Waals surface area contributed by atoms with Gasteiger partial charge >= 0.3 is 6.03 Å². The molecule has 0 radical (unpaired) electrons. The van der Waals surface area contributed by atoms with Crippen molar-refractivity contribution in [1.29, 1.82) is 0 Å². The third-order valence-corrected chi connectivity index (χ3v) is 3.52. The van der Waals surface area contributed by atoms with Gasteiger partial charge in [0.25, 0.3) is 0 Å². The van der Waals surface area contributed by atoms with Crippen molar-refractivity contribution in [3.63, 3.8) is 0 Å². The number of likely N-dealkylation sites (N-methyl/N-ethyl adjacent to an activating group) is 1. The summed E-state index contributed by atoms with van der Waals surface area (Å²) >= 11 is 0. The van der Waals surface area contributed by atoms with Crippen LogP contribution in [0.25, 0.3) is 0 Å². The molecular weight excluding hydrogens is 312 g/mol. The van der Waals surface area contributed by atoms with Gasteiger partial charge in [0, 0.05) is 12.7 Å². The average Bonchev–Trinajstić information content (AvgIpc) is 2.59. The Labute approximate surface area is 141 Å². The minimum absolute atomic E-state index is 0.0326. The molecule has 0 aromatic heterocycles. The molecule has 0 aliphatic heterocycles. The summed E-state index contributed by atoms with van der Waals surface area (Å²) in [6.45, 7) is 4.00. The molecule has 132 valence electrons. The molecule has 0 aliphatic carbocycles. The van der Waals surface area contributed by atoms with Crippen molar-refractivity contribution in [2.45, 2.75) is 19.9 Å². The standard InChI is InChI=1S/C16H24N4O4/c1-5-20(11(2)15(22)19-16(23)17-3)10-14(21)18-12-6-8-13(24-4)9-7-12/h6-9,11H,5,10H2,1-4H3,(H,18,21)(H2,17,19,22,23)/t11-/m0/s1. The normalized spacial score (nSPS) is 11.5. The summed E-state index contributed by atoms with van der Waals surface area (Å²) in [5.41, 5.74) is 0.638. The predicted molar refractivity (Wildman–Crippen MR) is 90.9 cm³/mol. The van der Waals surface area contributed by atoms with Crippen molar-refractivity contribution < 1.29 is 19.1 Å². The number of hydrogen-bond acceptors (Lipinski definition) is 5. The van der Waals surface area contributed by atoms with Crippen LogP contribution < -0.4 is 20.7 Å². The summed E-state index contributed by atoms with van der Waals surface area (Å²) in [4.78, 5) is 37.0. The third-order valence-electron chi connectivity index (χ3n) is 3.52. The summed E-state index contributed by atoms with van der Waals surface area (Å²) in [5.74, 6) is -0.0160. The fourth-order valence-electron chi connectivity index (χ4n) is 2.03. The minimum Gasteiger partial charge on any atom is -0.497 e. The number of hydrogen-bond donors (Lipinski definition) is 3. The number of carbonyl (C=O) groups excluding carboxylic acids is 3. The minimum atomic E-state index is -0.617. The molecule has 0 heterocycles. The van der Waals surface area contributed by atoms with Crippen LogP contribution in [0.15, 0.2) is 24.3 Å². The number of amides is 4. The first-order valence-electron chi connectivity index (χ1n) is 7.61. The van der Waals surface area contributed by atoms with Gasteiger partial charge in [-0.3, -0.25) is 19.8 Å². The Morgan fingerprint density at radius 3 is 2.33 bits per heavy atom. The lowest BCUT2D eigenvalue weighted by Gasteiger charge is -2.25. The molecule has 1 aromatic rings. The molecule has 24 heavy (non-hydrogen) atoms. The lowest BCUT2D eigenvalue weighted by atomic mass is 10.2. The number of methoxy groups -OCH3 is 1. The van der Waals surface area contributed by atoms with Crippen LogP contribution >= 0.6 is 0 Å². The maximum atomic E-state index is 12.1. The van der Waals surface area contributed by atoms with Crippen molar-refractivity contribution >= 4 is 23.5 Å². The molecule has 0 saturated carbocycles. The van der Waals surface area contributed by atoms with Gasteiger partial charge in [-0.05, 0) is 37.7 Å². The number of ether oxygens (including phenoxy) is 1. The number of nitrogens with zero attached hydrogens (tertiary/aromatic N) is 1. The van der Waals surface area contributed by atoms with Crippen molar-refractivity contribution in [2.75, 3.05) is 32.6 Å². The zero-order valence-electron chi connectivity index (χ0n) is 14.4. The van der Waals surface area contributed by atoms with E-state index in [2.05, 4.69) is 16.0 Å². The molecule has 0 bridgehead atoms. The molecule has 1 rings (SSSR count). The summed E-state index contributed by atoms with van der Waals surface area (Å²) < 4.78 is 5.06. The van der Waals surface area contributed by atoms with E-state index in [1.54, 1.807) is 43.2 Å². The molecule has 8 heteroatoms. The number of benzene rings is 1. The van der Waals surface area contributed by atoms with E-state index < -0.39 is 18.0 Å². The SMILES string of the molecule is CCN(CC(=O)Nc1ccc(OC)cc1)[C@@H](C)C(=O)NC(=O)NC. The monoisotopic (exact) mass is 336 g/mol. The number of imide groups is 1. The molecular formula is C16H24N4O4. The van der Waals surface area contributed by atoms with Crippen LogP contribution in [0, 0.1) is 0 Å². The van der Waals surface area contributed by atoms with E-state index in [1.165, 1.54) is 7.05 Å². The lowest BCUT2D eigenvalue weighted by Crippen LogP contribution is -2.50. The topological polar surface area (TPSA) is 99.8 Å². The van der Waals surface area contributed by atoms with E-state index in [0.29, 0.717) is 18.0 Å². The van der Waals surface area contributed by atoms with Crippen LogP contribution in [0.3, 0.4) is 0 Å². The predicted octanol–water partition coefficient (Wildman–Crippen LogP) is 0.800. The fourth-order valence-corrected chi connectivity index (χ4v) is 2.03. The van der Waals surface area contributed by atoms with Crippen LogP contribution in [0.5, 0.6) is 5.75 Å². The second kappa shape index (κ2) is 9.51. The zero-order valence-corrected chi connectivity index (χ0v) is 14.4. The Hall–Kier alpha value is -2.61. The van der Waals surface area contributed by atoms with E-state index in [0.717, 1.165) is 0 Å². The van der Waals surface area contributed by atoms with Gasteiger partial charge in [0.15, 0.2) is 0 Å². The Balaban J connectivity index is 2.60. The molecule has 0 fully saturated rings. The van der Waals surface area contributed by atoms with Gasteiger partial charge in [-0.2, -0.15) is 0 Å². The first-order chi connectivity index (χ1) is 11.4. The molecule has 0 spiro atoms. The second-order valence-corrected chi connectivity index (χ2v) is 5.08. The highest BCUT2D eigenvalue weighted by Gasteiger charge is 2.23. The highest BCUT2D eigenvalue weighted by atomic mass is 16.5. The molecule has 1 atom stereocenters. The van der Waals surface area contributed by atoms with Gasteiger partial charge in [-0.15, -0.1) is 0 Å². The van der Waals surface area contributed by atoms with E-state index in [-0.39, 0.29) is 12.5 Å². The molecule has 4 amide bonds. The Kier molecular flexibility index (Phi) is 7.70. The highest BCUT2D eigenvalue weighted by Crippen LogP contribution is 2.15.